The number of likely N-dealkylation sites (N-methyl/N-ethyl adjacent to an activating group) is 1. The summed E-state index contributed by atoms with van der Waals surface area (Å²) in [6.45, 7) is 15.0. The van der Waals surface area contributed by atoms with E-state index >= 15 is 0 Å². The Balaban J connectivity index is 2.38. The molecule has 21 heavy (non-hydrogen) atoms. The van der Waals surface area contributed by atoms with E-state index in [1.54, 1.807) is 0 Å². The molecule has 0 bridgehead atoms. The van der Waals surface area contributed by atoms with Crippen LogP contribution in [-0.4, -0.2) is 42.7 Å². The van der Waals surface area contributed by atoms with Crippen LogP contribution >= 0.6 is 0 Å². The number of aromatic nitrogens is 1. The summed E-state index contributed by atoms with van der Waals surface area (Å²) in [5.41, 5.74) is 2.37. The Morgan fingerprint density at radius 1 is 1.29 bits per heavy atom. The highest BCUT2D eigenvalue weighted by Crippen LogP contribution is 2.04. The van der Waals surface area contributed by atoms with Crippen molar-refractivity contribution in [3.63, 3.8) is 0 Å². The molecule has 0 saturated heterocycles. The van der Waals surface area contributed by atoms with Crippen molar-refractivity contribution in [3.8, 4) is 0 Å². The van der Waals surface area contributed by atoms with Crippen molar-refractivity contribution in [3.05, 3.63) is 29.6 Å². The predicted molar refractivity (Wildman–Crippen MR) is 88.2 cm³/mol. The lowest BCUT2D eigenvalue weighted by molar-refractivity contribution is 0.112. The molecular weight excluding hydrogens is 262 g/mol. The molecule has 120 valence electrons. The lowest BCUT2D eigenvalue weighted by Gasteiger charge is -2.19. The number of pyridine rings is 1. The largest absolute Gasteiger partial charge is 0.380 e. The summed E-state index contributed by atoms with van der Waals surface area (Å²) in [7, 11) is 0. The number of nitrogens with zero attached hydrogens (tertiary/aromatic N) is 2. The molecule has 0 atom stereocenters. The third-order valence-corrected chi connectivity index (χ3v) is 3.36. The van der Waals surface area contributed by atoms with Crippen molar-refractivity contribution in [1.82, 2.24) is 15.2 Å². The Hall–Kier alpha value is -0.970. The summed E-state index contributed by atoms with van der Waals surface area (Å²) < 4.78 is 5.42. The predicted octanol–water partition coefficient (Wildman–Crippen LogP) is 2.69. The quantitative estimate of drug-likeness (QED) is 0.637. The Morgan fingerprint density at radius 3 is 2.67 bits per heavy atom. The molecule has 1 N–H and O–H groups in total. The maximum Gasteiger partial charge on any atom is 0.0593 e. The lowest BCUT2D eigenvalue weighted by Crippen LogP contribution is -2.27. The van der Waals surface area contributed by atoms with Crippen LogP contribution in [0.2, 0.25) is 0 Å². The van der Waals surface area contributed by atoms with Crippen LogP contribution < -0.4 is 5.32 Å². The molecule has 1 heterocycles. The zero-order valence-corrected chi connectivity index (χ0v) is 14.1. The van der Waals surface area contributed by atoms with E-state index in [0.29, 0.717) is 5.92 Å². The molecule has 0 fully saturated rings. The van der Waals surface area contributed by atoms with Gasteiger partial charge in [-0.3, -0.25) is 9.88 Å². The van der Waals surface area contributed by atoms with Crippen molar-refractivity contribution in [2.45, 2.75) is 40.8 Å². The second-order valence-corrected chi connectivity index (χ2v) is 5.75. The third kappa shape index (κ3) is 8.15. The fraction of sp³-hybridized carbons (Fsp3) is 0.706. The van der Waals surface area contributed by atoms with Crippen LogP contribution in [0.25, 0.3) is 0 Å². The van der Waals surface area contributed by atoms with Gasteiger partial charge in [-0.1, -0.05) is 26.8 Å². The van der Waals surface area contributed by atoms with Gasteiger partial charge in [-0.15, -0.1) is 0 Å². The molecule has 1 aromatic rings. The van der Waals surface area contributed by atoms with Crippen molar-refractivity contribution in [1.29, 1.82) is 0 Å². The maximum absolute atomic E-state index is 5.42. The SMILES string of the molecule is CCOCCN(CC)Cc1ccc(CNCC(C)C)cn1. The highest BCUT2D eigenvalue weighted by atomic mass is 16.5. The van der Waals surface area contributed by atoms with E-state index in [1.165, 1.54) is 5.56 Å². The molecule has 0 aliphatic carbocycles. The number of hydrogen-bond acceptors (Lipinski definition) is 4. The van der Waals surface area contributed by atoms with Crippen LogP contribution in [0.1, 0.15) is 39.0 Å². The number of ether oxygens (including phenoxy) is 1. The first-order valence-corrected chi connectivity index (χ1v) is 8.10. The van der Waals surface area contributed by atoms with Gasteiger partial charge in [-0.2, -0.15) is 0 Å². The van der Waals surface area contributed by atoms with Crippen molar-refractivity contribution in [2.24, 2.45) is 5.92 Å². The minimum Gasteiger partial charge on any atom is -0.380 e. The number of rotatable bonds is 11. The molecular formula is C17H31N3O. The van der Waals surface area contributed by atoms with Gasteiger partial charge in [0, 0.05) is 32.4 Å². The van der Waals surface area contributed by atoms with Gasteiger partial charge in [0.2, 0.25) is 0 Å². The average Bonchev–Trinajstić information content (AvgIpc) is 2.47. The first-order chi connectivity index (χ1) is 10.2. The van der Waals surface area contributed by atoms with Gasteiger partial charge >= 0.3 is 0 Å². The topological polar surface area (TPSA) is 37.4 Å². The monoisotopic (exact) mass is 293 g/mol. The standard InChI is InChI=1S/C17H31N3O/c1-5-20(9-10-21-6-2)14-17-8-7-16(13-19-17)12-18-11-15(3)4/h7-8,13,15,18H,5-6,9-12,14H2,1-4H3. The second-order valence-electron chi connectivity index (χ2n) is 5.75. The molecule has 1 aromatic heterocycles. The molecule has 4 heteroatoms. The van der Waals surface area contributed by atoms with Crippen molar-refractivity contribution >= 4 is 0 Å². The van der Waals surface area contributed by atoms with Gasteiger partial charge in [0.1, 0.15) is 0 Å². The van der Waals surface area contributed by atoms with Crippen molar-refractivity contribution < 1.29 is 4.74 Å². The summed E-state index contributed by atoms with van der Waals surface area (Å²) >= 11 is 0. The van der Waals surface area contributed by atoms with Gasteiger partial charge in [-0.05, 0) is 37.6 Å². The summed E-state index contributed by atoms with van der Waals surface area (Å²) in [5, 5.41) is 3.44. The van der Waals surface area contributed by atoms with E-state index < -0.39 is 0 Å². The molecule has 0 amide bonds. The number of hydrogen-bond donors (Lipinski definition) is 1. The molecule has 0 aromatic carbocycles. The average molecular weight is 293 g/mol. The van der Waals surface area contributed by atoms with Gasteiger partial charge < -0.3 is 10.1 Å². The molecule has 0 spiro atoms. The maximum atomic E-state index is 5.42. The highest BCUT2D eigenvalue weighted by Gasteiger charge is 2.05. The van der Waals surface area contributed by atoms with E-state index in [4.69, 9.17) is 4.74 Å². The van der Waals surface area contributed by atoms with Gasteiger partial charge in [0.05, 0.1) is 12.3 Å². The fourth-order valence-electron chi connectivity index (χ4n) is 2.07. The summed E-state index contributed by atoms with van der Waals surface area (Å²) in [6.07, 6.45) is 1.99. The Labute approximate surface area is 129 Å². The molecule has 0 aliphatic rings. The van der Waals surface area contributed by atoms with E-state index in [1.807, 2.05) is 13.1 Å². The van der Waals surface area contributed by atoms with E-state index in [2.05, 4.69) is 48.1 Å². The summed E-state index contributed by atoms with van der Waals surface area (Å²) in [6, 6.07) is 4.31. The molecule has 0 unspecified atom stereocenters. The normalized spacial score (nSPS) is 11.5. The summed E-state index contributed by atoms with van der Waals surface area (Å²) in [5.74, 6) is 0.681. The molecule has 0 radical (unpaired) electrons. The molecule has 4 nitrogen and oxygen atoms in total. The smallest absolute Gasteiger partial charge is 0.0593 e. The zero-order valence-electron chi connectivity index (χ0n) is 14.1. The fourth-order valence-corrected chi connectivity index (χ4v) is 2.07. The summed E-state index contributed by atoms with van der Waals surface area (Å²) in [4.78, 5) is 6.93. The van der Waals surface area contributed by atoms with E-state index in [9.17, 15) is 0 Å². The van der Waals surface area contributed by atoms with Crippen LogP contribution in [0, 0.1) is 5.92 Å². The third-order valence-electron chi connectivity index (χ3n) is 3.36. The van der Waals surface area contributed by atoms with Gasteiger partial charge in [0.15, 0.2) is 0 Å². The Morgan fingerprint density at radius 2 is 2.10 bits per heavy atom. The Kier molecular flexibility index (Phi) is 9.22. The Bertz CT molecular complexity index is 365. The minimum atomic E-state index is 0.681. The molecule has 0 saturated carbocycles. The molecule has 0 aliphatic heterocycles. The van der Waals surface area contributed by atoms with Gasteiger partial charge in [0.25, 0.3) is 0 Å². The number of nitrogens with one attached hydrogen (secondary N) is 1. The van der Waals surface area contributed by atoms with Crippen LogP contribution in [0.4, 0.5) is 0 Å². The zero-order chi connectivity index (χ0) is 15.5. The first kappa shape index (κ1) is 18.1. The lowest BCUT2D eigenvalue weighted by atomic mass is 10.2. The van der Waals surface area contributed by atoms with Gasteiger partial charge in [-0.25, -0.2) is 0 Å². The van der Waals surface area contributed by atoms with E-state index in [-0.39, 0.29) is 0 Å². The van der Waals surface area contributed by atoms with Crippen molar-refractivity contribution in [2.75, 3.05) is 32.8 Å². The minimum absolute atomic E-state index is 0.681. The van der Waals surface area contributed by atoms with Crippen LogP contribution in [0.15, 0.2) is 18.3 Å². The van der Waals surface area contributed by atoms with Crippen LogP contribution in [-0.2, 0) is 17.8 Å². The van der Waals surface area contributed by atoms with E-state index in [0.717, 1.165) is 51.6 Å². The molecule has 1 rings (SSSR count). The van der Waals surface area contributed by atoms with Crippen LogP contribution in [0.5, 0.6) is 0 Å². The highest BCUT2D eigenvalue weighted by molar-refractivity contribution is 5.14. The second kappa shape index (κ2) is 10.7. The first-order valence-electron chi connectivity index (χ1n) is 8.10. The van der Waals surface area contributed by atoms with Crippen LogP contribution in [0.3, 0.4) is 0 Å².